The van der Waals surface area contributed by atoms with Crippen LogP contribution in [0.4, 0.5) is 0 Å². The summed E-state index contributed by atoms with van der Waals surface area (Å²) in [5.74, 6) is -0.467. The number of carbonyl (C=O) groups is 1. The molecule has 0 aliphatic rings. The monoisotopic (exact) mass is 254 g/mol. The van der Waals surface area contributed by atoms with Crippen LogP contribution in [0.5, 0.6) is 0 Å². The average Bonchev–Trinajstić information content (AvgIpc) is 2.27. The van der Waals surface area contributed by atoms with Gasteiger partial charge in [-0.3, -0.25) is 4.79 Å². The van der Waals surface area contributed by atoms with Crippen molar-refractivity contribution in [1.82, 2.24) is 0 Å². The minimum Gasteiger partial charge on any atom is -0.466 e. The zero-order valence-electron chi connectivity index (χ0n) is 12.0. The highest BCUT2D eigenvalue weighted by atomic mass is 16.5. The van der Waals surface area contributed by atoms with Crippen LogP contribution in [0.2, 0.25) is 0 Å². The summed E-state index contributed by atoms with van der Waals surface area (Å²) in [6, 6.07) is 0. The summed E-state index contributed by atoms with van der Waals surface area (Å²) < 4.78 is 5.12. The van der Waals surface area contributed by atoms with Crippen LogP contribution in [0.1, 0.15) is 40.5 Å². The van der Waals surface area contributed by atoms with Crippen LogP contribution in [-0.2, 0) is 9.53 Å². The first kappa shape index (κ1) is 16.9. The predicted octanol–water partition coefficient (Wildman–Crippen LogP) is 3.10. The van der Waals surface area contributed by atoms with Gasteiger partial charge in [-0.1, -0.05) is 23.8 Å². The Kier molecular flexibility index (Phi) is 8.38. The predicted molar refractivity (Wildman–Crippen MR) is 74.2 cm³/mol. The van der Waals surface area contributed by atoms with Crippen LogP contribution in [-0.4, -0.2) is 24.3 Å². The number of esters is 1. The highest BCUT2D eigenvalue weighted by Gasteiger charge is 2.28. The number of hydrogen-bond acceptors (Lipinski definition) is 3. The van der Waals surface area contributed by atoms with Crippen LogP contribution in [0.3, 0.4) is 0 Å². The molecular weight excluding hydrogens is 228 g/mol. The third-order valence-electron chi connectivity index (χ3n) is 2.93. The van der Waals surface area contributed by atoms with E-state index in [1.807, 2.05) is 26.8 Å². The smallest absolute Gasteiger partial charge is 0.309 e. The van der Waals surface area contributed by atoms with Crippen molar-refractivity contribution < 1.29 is 14.6 Å². The Hall–Kier alpha value is -1.09. The minimum absolute atomic E-state index is 0.0235. The van der Waals surface area contributed by atoms with E-state index in [2.05, 4.69) is 6.58 Å². The van der Waals surface area contributed by atoms with Crippen LogP contribution in [0.25, 0.3) is 0 Å². The molecule has 0 aromatic carbocycles. The number of ether oxygens (including phenoxy) is 1. The fraction of sp³-hybridized carbons (Fsp3) is 0.667. The van der Waals surface area contributed by atoms with Crippen molar-refractivity contribution in [2.24, 2.45) is 11.8 Å². The molecule has 104 valence electrons. The molecule has 0 saturated heterocycles. The van der Waals surface area contributed by atoms with Gasteiger partial charge in [0, 0.05) is 6.61 Å². The maximum atomic E-state index is 12.0. The second kappa shape index (κ2) is 8.92. The average molecular weight is 254 g/mol. The molecule has 0 spiro atoms. The zero-order chi connectivity index (χ0) is 14.1. The maximum Gasteiger partial charge on any atom is 0.309 e. The second-order valence-electron chi connectivity index (χ2n) is 4.84. The number of rotatable bonds is 8. The standard InChI is InChI=1S/C15H26O3/c1-6-18-15(17)14(8-7-11(2)3)13(9-10-16)12(4)5/h7,13-14,16H,4,6,8-10H2,1-3,5H3. The van der Waals surface area contributed by atoms with E-state index in [4.69, 9.17) is 9.84 Å². The van der Waals surface area contributed by atoms with Gasteiger partial charge in [-0.15, -0.1) is 0 Å². The summed E-state index contributed by atoms with van der Waals surface area (Å²) in [5, 5.41) is 9.11. The Labute approximate surface area is 111 Å². The topological polar surface area (TPSA) is 46.5 Å². The van der Waals surface area contributed by atoms with Gasteiger partial charge in [0.15, 0.2) is 0 Å². The lowest BCUT2D eigenvalue weighted by Crippen LogP contribution is -2.27. The van der Waals surface area contributed by atoms with E-state index in [0.717, 1.165) is 5.57 Å². The van der Waals surface area contributed by atoms with E-state index < -0.39 is 0 Å². The number of aliphatic hydroxyl groups excluding tert-OH is 1. The normalized spacial score (nSPS) is 13.6. The van der Waals surface area contributed by atoms with Gasteiger partial charge < -0.3 is 9.84 Å². The molecule has 3 nitrogen and oxygen atoms in total. The fourth-order valence-electron chi connectivity index (χ4n) is 1.97. The zero-order valence-corrected chi connectivity index (χ0v) is 12.0. The van der Waals surface area contributed by atoms with Crippen molar-refractivity contribution in [3.63, 3.8) is 0 Å². The van der Waals surface area contributed by atoms with Gasteiger partial charge in [0.25, 0.3) is 0 Å². The number of allylic oxidation sites excluding steroid dienone is 3. The van der Waals surface area contributed by atoms with E-state index in [1.165, 1.54) is 5.57 Å². The molecule has 1 N–H and O–H groups in total. The molecule has 18 heavy (non-hydrogen) atoms. The number of aliphatic hydroxyl groups is 1. The number of hydrogen-bond donors (Lipinski definition) is 1. The van der Waals surface area contributed by atoms with Gasteiger partial charge in [-0.25, -0.2) is 0 Å². The molecule has 2 unspecified atom stereocenters. The molecule has 0 bridgehead atoms. The van der Waals surface area contributed by atoms with Crippen molar-refractivity contribution in [3.8, 4) is 0 Å². The van der Waals surface area contributed by atoms with Gasteiger partial charge in [0.1, 0.15) is 0 Å². The van der Waals surface area contributed by atoms with Crippen molar-refractivity contribution in [2.75, 3.05) is 13.2 Å². The fourth-order valence-corrected chi connectivity index (χ4v) is 1.97. The Morgan fingerprint density at radius 2 is 1.94 bits per heavy atom. The lowest BCUT2D eigenvalue weighted by atomic mass is 9.82. The largest absolute Gasteiger partial charge is 0.466 e. The molecule has 0 aromatic rings. The van der Waals surface area contributed by atoms with Gasteiger partial charge in [0.2, 0.25) is 0 Å². The Bertz CT molecular complexity index is 301. The molecule has 0 saturated carbocycles. The summed E-state index contributed by atoms with van der Waals surface area (Å²) in [7, 11) is 0. The van der Waals surface area contributed by atoms with E-state index in [9.17, 15) is 4.79 Å². The SMILES string of the molecule is C=C(C)C(CCO)C(CC=C(C)C)C(=O)OCC. The third-order valence-corrected chi connectivity index (χ3v) is 2.93. The minimum atomic E-state index is -0.246. The lowest BCUT2D eigenvalue weighted by molar-refractivity contribution is -0.149. The molecule has 0 rings (SSSR count). The van der Waals surface area contributed by atoms with Crippen molar-refractivity contribution >= 4 is 5.97 Å². The first-order valence-corrected chi connectivity index (χ1v) is 6.50. The second-order valence-corrected chi connectivity index (χ2v) is 4.84. The highest BCUT2D eigenvalue weighted by molar-refractivity contribution is 5.73. The van der Waals surface area contributed by atoms with E-state index in [-0.39, 0.29) is 24.4 Å². The van der Waals surface area contributed by atoms with Crippen molar-refractivity contribution in [2.45, 2.75) is 40.5 Å². The number of carbonyl (C=O) groups excluding carboxylic acids is 1. The van der Waals surface area contributed by atoms with E-state index >= 15 is 0 Å². The van der Waals surface area contributed by atoms with Crippen LogP contribution in [0, 0.1) is 11.8 Å². The summed E-state index contributed by atoms with van der Waals surface area (Å²) in [6.07, 6.45) is 3.23. The molecule has 0 aliphatic heterocycles. The van der Waals surface area contributed by atoms with Crippen LogP contribution < -0.4 is 0 Å². The van der Waals surface area contributed by atoms with E-state index in [1.54, 1.807) is 6.92 Å². The van der Waals surface area contributed by atoms with Gasteiger partial charge in [0.05, 0.1) is 12.5 Å². The lowest BCUT2D eigenvalue weighted by Gasteiger charge is -2.24. The Morgan fingerprint density at radius 1 is 1.33 bits per heavy atom. The van der Waals surface area contributed by atoms with Crippen LogP contribution in [0.15, 0.2) is 23.8 Å². The van der Waals surface area contributed by atoms with Crippen molar-refractivity contribution in [1.29, 1.82) is 0 Å². The molecule has 0 amide bonds. The quantitative estimate of drug-likeness (QED) is 0.535. The maximum absolute atomic E-state index is 12.0. The third kappa shape index (κ3) is 6.01. The first-order valence-electron chi connectivity index (χ1n) is 6.50. The van der Waals surface area contributed by atoms with Gasteiger partial charge in [-0.2, -0.15) is 0 Å². The highest BCUT2D eigenvalue weighted by Crippen LogP contribution is 2.28. The molecule has 0 fully saturated rings. The molecule has 3 heteroatoms. The van der Waals surface area contributed by atoms with Gasteiger partial charge in [-0.05, 0) is 46.5 Å². The molecule has 0 heterocycles. The molecule has 0 aliphatic carbocycles. The van der Waals surface area contributed by atoms with Crippen molar-refractivity contribution in [3.05, 3.63) is 23.8 Å². The molecule has 0 radical (unpaired) electrons. The van der Waals surface area contributed by atoms with Gasteiger partial charge >= 0.3 is 5.97 Å². The summed E-state index contributed by atoms with van der Waals surface area (Å²) in [6.45, 7) is 12.1. The summed E-state index contributed by atoms with van der Waals surface area (Å²) >= 11 is 0. The molecule has 2 atom stereocenters. The Balaban J connectivity index is 4.96. The Morgan fingerprint density at radius 3 is 2.33 bits per heavy atom. The summed E-state index contributed by atoms with van der Waals surface area (Å²) in [5.41, 5.74) is 2.10. The van der Waals surface area contributed by atoms with Crippen LogP contribution >= 0.6 is 0 Å². The first-order chi connectivity index (χ1) is 8.43. The van der Waals surface area contributed by atoms with E-state index in [0.29, 0.717) is 19.4 Å². The molecule has 0 aromatic heterocycles. The molecular formula is C15H26O3. The summed E-state index contributed by atoms with van der Waals surface area (Å²) in [4.78, 5) is 12.0.